The number of aliphatic hydroxyl groups is 1. The van der Waals surface area contributed by atoms with Crippen molar-refractivity contribution in [1.82, 2.24) is 0 Å². The van der Waals surface area contributed by atoms with E-state index in [1.165, 1.54) is 0 Å². The summed E-state index contributed by atoms with van der Waals surface area (Å²) in [7, 11) is 0. The van der Waals surface area contributed by atoms with Crippen LogP contribution in [0.5, 0.6) is 0 Å². The van der Waals surface area contributed by atoms with Crippen molar-refractivity contribution in [3.63, 3.8) is 0 Å². The molecule has 90 valence electrons. The Bertz CT molecular complexity index is 343. The highest BCUT2D eigenvalue weighted by atomic mass is 32.2. The lowest BCUT2D eigenvalue weighted by molar-refractivity contribution is -0.114. The van der Waals surface area contributed by atoms with Crippen LogP contribution in [0.25, 0.3) is 0 Å². The Morgan fingerprint density at radius 3 is 2.38 bits per heavy atom. The Balaban J connectivity index is 0.000000457. The molecule has 1 saturated carbocycles. The monoisotopic (exact) mass is 258 g/mol. The maximum atomic E-state index is 11.4. The summed E-state index contributed by atoms with van der Waals surface area (Å²) in [5, 5.41) is 10.1. The van der Waals surface area contributed by atoms with Crippen LogP contribution in [0.15, 0.2) is 11.3 Å². The highest BCUT2D eigenvalue weighted by molar-refractivity contribution is 8.21. The zero-order valence-electron chi connectivity index (χ0n) is 9.95. The van der Waals surface area contributed by atoms with Gasteiger partial charge in [0.25, 0.3) is 0 Å². The molecule has 0 amide bonds. The second-order valence-corrected chi connectivity index (χ2v) is 7.07. The molecule has 2 fully saturated rings. The lowest BCUT2D eigenvalue weighted by Crippen LogP contribution is -2.21. The summed E-state index contributed by atoms with van der Waals surface area (Å²) in [6.45, 7) is 5.57. The molecular weight excluding hydrogens is 240 g/mol. The summed E-state index contributed by atoms with van der Waals surface area (Å²) in [4.78, 5) is 11.4. The molecule has 0 radical (unpaired) electrons. The molecule has 2 aliphatic carbocycles. The van der Waals surface area contributed by atoms with Crippen molar-refractivity contribution in [3.8, 4) is 0 Å². The van der Waals surface area contributed by atoms with Gasteiger partial charge in [-0.3, -0.25) is 4.79 Å². The molecule has 2 atom stereocenters. The highest BCUT2D eigenvalue weighted by Gasteiger charge is 2.65. The molecule has 1 saturated heterocycles. The Labute approximate surface area is 105 Å². The first-order chi connectivity index (χ1) is 7.67. The molecule has 1 spiro atoms. The molecule has 3 aliphatic rings. The Hall–Kier alpha value is -0.0900. The van der Waals surface area contributed by atoms with E-state index >= 15 is 0 Å². The fraction of sp³-hybridized carbons (Fsp3) is 0.750. The van der Waals surface area contributed by atoms with E-state index in [0.29, 0.717) is 17.6 Å². The van der Waals surface area contributed by atoms with Crippen molar-refractivity contribution in [2.45, 2.75) is 31.3 Å². The van der Waals surface area contributed by atoms with Crippen LogP contribution < -0.4 is 0 Å². The first-order valence-corrected chi connectivity index (χ1v) is 7.86. The van der Waals surface area contributed by atoms with Gasteiger partial charge in [0.15, 0.2) is 5.78 Å². The average molecular weight is 258 g/mol. The standard InChI is InChI=1S/C10H12O2S2.C2H6/c1-5(11)8-6-4-7(6)10(9(8)12)13-2-3-14-10;1-2/h6-7,12H,2-4H2,1H3;1-2H3. The first kappa shape index (κ1) is 12.4. The molecule has 0 aromatic rings. The van der Waals surface area contributed by atoms with Gasteiger partial charge in [-0.1, -0.05) is 13.8 Å². The van der Waals surface area contributed by atoms with Crippen LogP contribution in [0.1, 0.15) is 27.2 Å². The molecule has 2 nitrogen and oxygen atoms in total. The van der Waals surface area contributed by atoms with Crippen molar-refractivity contribution in [1.29, 1.82) is 0 Å². The van der Waals surface area contributed by atoms with E-state index in [0.717, 1.165) is 23.5 Å². The van der Waals surface area contributed by atoms with Crippen LogP contribution in [0, 0.1) is 11.8 Å². The number of fused-ring (bicyclic) bond motifs is 2. The third-order valence-corrected chi connectivity index (χ3v) is 6.96. The van der Waals surface area contributed by atoms with Crippen molar-refractivity contribution in [2.75, 3.05) is 11.5 Å². The van der Waals surface area contributed by atoms with Crippen molar-refractivity contribution >= 4 is 29.3 Å². The van der Waals surface area contributed by atoms with Crippen LogP contribution in [0.4, 0.5) is 0 Å². The normalized spacial score (nSPS) is 33.4. The minimum atomic E-state index is -0.119. The molecule has 0 aromatic carbocycles. The van der Waals surface area contributed by atoms with E-state index < -0.39 is 0 Å². The number of hydrogen-bond acceptors (Lipinski definition) is 4. The molecule has 3 rings (SSSR count). The van der Waals surface area contributed by atoms with E-state index in [2.05, 4.69) is 0 Å². The van der Waals surface area contributed by atoms with Gasteiger partial charge < -0.3 is 5.11 Å². The second kappa shape index (κ2) is 4.30. The molecule has 16 heavy (non-hydrogen) atoms. The number of rotatable bonds is 1. The van der Waals surface area contributed by atoms with Gasteiger partial charge in [-0.15, -0.1) is 23.5 Å². The van der Waals surface area contributed by atoms with Gasteiger partial charge in [0, 0.05) is 17.1 Å². The van der Waals surface area contributed by atoms with Gasteiger partial charge in [0.2, 0.25) is 0 Å². The number of carbonyl (C=O) groups is 1. The van der Waals surface area contributed by atoms with Crippen molar-refractivity contribution in [3.05, 3.63) is 11.3 Å². The molecule has 0 aromatic heterocycles. The number of aliphatic hydroxyl groups excluding tert-OH is 1. The smallest absolute Gasteiger partial charge is 0.159 e. The summed E-state index contributed by atoms with van der Waals surface area (Å²) in [6, 6.07) is 0. The van der Waals surface area contributed by atoms with Crippen LogP contribution in [0.3, 0.4) is 0 Å². The van der Waals surface area contributed by atoms with Gasteiger partial charge in [-0.05, 0) is 25.2 Å². The topological polar surface area (TPSA) is 37.3 Å². The summed E-state index contributed by atoms with van der Waals surface area (Å²) < 4.78 is -0.119. The van der Waals surface area contributed by atoms with Crippen LogP contribution in [0.2, 0.25) is 0 Å². The van der Waals surface area contributed by atoms with Gasteiger partial charge >= 0.3 is 0 Å². The van der Waals surface area contributed by atoms with E-state index in [9.17, 15) is 9.90 Å². The molecule has 1 heterocycles. The molecule has 1 aliphatic heterocycles. The summed E-state index contributed by atoms with van der Waals surface area (Å²) in [5.41, 5.74) is 0.733. The number of hydrogen-bond donors (Lipinski definition) is 1. The summed E-state index contributed by atoms with van der Waals surface area (Å²) in [6.07, 6.45) is 1.11. The summed E-state index contributed by atoms with van der Waals surface area (Å²) in [5.74, 6) is 3.59. The van der Waals surface area contributed by atoms with E-state index in [1.807, 2.05) is 37.4 Å². The zero-order chi connectivity index (χ0) is 11.9. The molecule has 0 bridgehead atoms. The van der Waals surface area contributed by atoms with E-state index in [-0.39, 0.29) is 9.86 Å². The van der Waals surface area contributed by atoms with Gasteiger partial charge in [-0.25, -0.2) is 0 Å². The minimum absolute atomic E-state index is 0.0694. The first-order valence-electron chi connectivity index (χ1n) is 5.89. The van der Waals surface area contributed by atoms with Crippen LogP contribution in [-0.2, 0) is 4.79 Å². The Kier molecular flexibility index (Phi) is 3.32. The summed E-state index contributed by atoms with van der Waals surface area (Å²) >= 11 is 3.67. The minimum Gasteiger partial charge on any atom is -0.509 e. The van der Waals surface area contributed by atoms with Gasteiger partial charge in [0.1, 0.15) is 9.84 Å². The van der Waals surface area contributed by atoms with Gasteiger partial charge in [0.05, 0.1) is 0 Å². The van der Waals surface area contributed by atoms with E-state index in [1.54, 1.807) is 6.92 Å². The largest absolute Gasteiger partial charge is 0.509 e. The zero-order valence-corrected chi connectivity index (χ0v) is 11.6. The van der Waals surface area contributed by atoms with Crippen molar-refractivity contribution < 1.29 is 9.90 Å². The quantitative estimate of drug-likeness (QED) is 0.783. The van der Waals surface area contributed by atoms with Crippen LogP contribution >= 0.6 is 23.5 Å². The third kappa shape index (κ3) is 1.53. The molecule has 4 heteroatoms. The fourth-order valence-electron chi connectivity index (χ4n) is 2.68. The number of ketones is 1. The van der Waals surface area contributed by atoms with Crippen LogP contribution in [-0.4, -0.2) is 26.5 Å². The molecule has 2 unspecified atom stereocenters. The second-order valence-electron chi connectivity index (χ2n) is 4.13. The maximum absolute atomic E-state index is 11.4. The van der Waals surface area contributed by atoms with Gasteiger partial charge in [-0.2, -0.15) is 0 Å². The Morgan fingerprint density at radius 1 is 1.38 bits per heavy atom. The molecule has 1 N–H and O–H groups in total. The number of thioether (sulfide) groups is 2. The number of Topliss-reactive ketones (excluding diaryl/α,β-unsaturated/α-hetero) is 1. The van der Waals surface area contributed by atoms with E-state index in [4.69, 9.17) is 0 Å². The maximum Gasteiger partial charge on any atom is 0.159 e. The SMILES string of the molecule is CC.CC(=O)C1=C(O)C2(SCCS2)C2CC12. The highest BCUT2D eigenvalue weighted by Crippen LogP contribution is 2.70. The number of allylic oxidation sites excluding steroid dienone is 1. The van der Waals surface area contributed by atoms with Crippen molar-refractivity contribution in [2.24, 2.45) is 11.8 Å². The molecular formula is C12H18O2S2. The predicted molar refractivity (Wildman–Crippen MR) is 70.9 cm³/mol. The lowest BCUT2D eigenvalue weighted by Gasteiger charge is -2.23. The Morgan fingerprint density at radius 2 is 1.94 bits per heavy atom. The predicted octanol–water partition coefficient (Wildman–Crippen LogP) is 3.24. The number of carbonyl (C=O) groups excluding carboxylic acids is 1. The third-order valence-electron chi connectivity index (χ3n) is 3.33. The lowest BCUT2D eigenvalue weighted by atomic mass is 10.1. The fourth-order valence-corrected chi connectivity index (χ4v) is 6.23. The average Bonchev–Trinajstić information content (AvgIpc) is 2.84.